The van der Waals surface area contributed by atoms with Gasteiger partial charge in [-0.3, -0.25) is 0 Å². The molecule has 2 bridgehead atoms. The summed E-state index contributed by atoms with van der Waals surface area (Å²) in [7, 11) is 0. The van der Waals surface area contributed by atoms with Crippen LogP contribution in [-0.2, 0) is 4.74 Å². The summed E-state index contributed by atoms with van der Waals surface area (Å²) in [6.07, 6.45) is 7.30. The third kappa shape index (κ3) is 2.08. The first-order chi connectivity index (χ1) is 7.27. The number of rotatable bonds is 5. The topological polar surface area (TPSA) is 9.23 Å². The first-order valence-electron chi connectivity index (χ1n) is 6.89. The second kappa shape index (κ2) is 4.86. The molecule has 0 amide bonds. The van der Waals surface area contributed by atoms with Crippen LogP contribution in [0.15, 0.2) is 0 Å². The van der Waals surface area contributed by atoms with Crippen LogP contribution < -0.4 is 0 Å². The van der Waals surface area contributed by atoms with Gasteiger partial charge in [0.2, 0.25) is 0 Å². The molecule has 5 unspecified atom stereocenters. The molecule has 0 aromatic rings. The van der Waals surface area contributed by atoms with E-state index in [0.29, 0.717) is 6.10 Å². The third-order valence-corrected chi connectivity index (χ3v) is 4.84. The maximum Gasteiger partial charge on any atom is 0.0608 e. The van der Waals surface area contributed by atoms with Gasteiger partial charge in [0.25, 0.3) is 0 Å². The summed E-state index contributed by atoms with van der Waals surface area (Å²) in [5.74, 6) is 3.79. The molecular formula is C14H26O. The molecule has 2 rings (SSSR count). The second-order valence-electron chi connectivity index (χ2n) is 5.59. The van der Waals surface area contributed by atoms with Crippen LogP contribution in [0.25, 0.3) is 0 Å². The summed E-state index contributed by atoms with van der Waals surface area (Å²) >= 11 is 0. The van der Waals surface area contributed by atoms with Crippen molar-refractivity contribution in [1.82, 2.24) is 0 Å². The van der Waals surface area contributed by atoms with Crippen molar-refractivity contribution in [2.75, 3.05) is 6.61 Å². The predicted octanol–water partition coefficient (Wildman–Crippen LogP) is 3.87. The Morgan fingerprint density at radius 2 is 2.00 bits per heavy atom. The Kier molecular flexibility index (Phi) is 3.71. The Labute approximate surface area is 94.6 Å². The van der Waals surface area contributed by atoms with Crippen molar-refractivity contribution in [2.24, 2.45) is 23.7 Å². The predicted molar refractivity (Wildman–Crippen MR) is 63.8 cm³/mol. The summed E-state index contributed by atoms with van der Waals surface area (Å²) < 4.78 is 6.04. The summed E-state index contributed by atoms with van der Waals surface area (Å²) in [6.45, 7) is 8.04. The molecule has 15 heavy (non-hydrogen) atoms. The molecule has 0 aromatic carbocycles. The summed E-state index contributed by atoms with van der Waals surface area (Å²) in [4.78, 5) is 0. The van der Waals surface area contributed by atoms with Crippen LogP contribution in [0.5, 0.6) is 0 Å². The molecule has 0 radical (unpaired) electrons. The Morgan fingerprint density at radius 1 is 1.20 bits per heavy atom. The lowest BCUT2D eigenvalue weighted by atomic mass is 9.78. The average Bonchev–Trinajstić information content (AvgIpc) is 2.75. The minimum absolute atomic E-state index is 0.611. The molecule has 0 heterocycles. The van der Waals surface area contributed by atoms with Crippen molar-refractivity contribution >= 4 is 0 Å². The fourth-order valence-electron chi connectivity index (χ4n) is 4.00. The van der Waals surface area contributed by atoms with E-state index in [4.69, 9.17) is 4.74 Å². The van der Waals surface area contributed by atoms with Gasteiger partial charge >= 0.3 is 0 Å². The van der Waals surface area contributed by atoms with Crippen LogP contribution in [0.3, 0.4) is 0 Å². The van der Waals surface area contributed by atoms with E-state index >= 15 is 0 Å². The molecule has 1 heteroatoms. The summed E-state index contributed by atoms with van der Waals surface area (Å²) in [6, 6.07) is 0. The highest BCUT2D eigenvalue weighted by molar-refractivity contribution is 4.99. The average molecular weight is 210 g/mol. The van der Waals surface area contributed by atoms with Gasteiger partial charge in [0, 0.05) is 6.61 Å². The number of unbranched alkanes of at least 4 members (excludes halogenated alkanes) is 1. The lowest BCUT2D eigenvalue weighted by Gasteiger charge is -2.33. The highest BCUT2D eigenvalue weighted by Crippen LogP contribution is 2.54. The fourth-order valence-corrected chi connectivity index (χ4v) is 4.00. The third-order valence-electron chi connectivity index (χ3n) is 4.84. The van der Waals surface area contributed by atoms with E-state index in [2.05, 4.69) is 20.8 Å². The van der Waals surface area contributed by atoms with Crippen molar-refractivity contribution in [3.63, 3.8) is 0 Å². The minimum atomic E-state index is 0.611. The van der Waals surface area contributed by atoms with E-state index in [1.807, 2.05) is 0 Å². The van der Waals surface area contributed by atoms with Gasteiger partial charge in [0.1, 0.15) is 0 Å². The maximum absolute atomic E-state index is 6.04. The second-order valence-corrected chi connectivity index (χ2v) is 5.59. The Morgan fingerprint density at radius 3 is 2.60 bits per heavy atom. The smallest absolute Gasteiger partial charge is 0.0608 e. The normalized spacial score (nSPS) is 43.8. The zero-order valence-corrected chi connectivity index (χ0v) is 10.5. The monoisotopic (exact) mass is 210 g/mol. The molecule has 5 atom stereocenters. The van der Waals surface area contributed by atoms with Crippen molar-refractivity contribution in [3.05, 3.63) is 0 Å². The van der Waals surface area contributed by atoms with Crippen LogP contribution in [-0.4, -0.2) is 12.7 Å². The van der Waals surface area contributed by atoms with E-state index in [1.54, 1.807) is 0 Å². The number of hydrogen-bond donors (Lipinski definition) is 0. The van der Waals surface area contributed by atoms with Crippen LogP contribution >= 0.6 is 0 Å². The molecule has 1 nitrogen and oxygen atoms in total. The standard InChI is InChI=1S/C14H26O/c1-4-6-7-15-14-9-11-8-13(14)10(3)12(11)5-2/h10-14H,4-9H2,1-3H3. The van der Waals surface area contributed by atoms with Crippen molar-refractivity contribution < 1.29 is 4.74 Å². The molecule has 2 saturated carbocycles. The number of hydrogen-bond acceptors (Lipinski definition) is 1. The lowest BCUT2D eigenvalue weighted by molar-refractivity contribution is -0.0138. The highest BCUT2D eigenvalue weighted by atomic mass is 16.5. The van der Waals surface area contributed by atoms with Gasteiger partial charge in [-0.05, 0) is 42.9 Å². The van der Waals surface area contributed by atoms with Gasteiger partial charge in [-0.2, -0.15) is 0 Å². The van der Waals surface area contributed by atoms with E-state index < -0.39 is 0 Å². The fraction of sp³-hybridized carbons (Fsp3) is 1.00. The van der Waals surface area contributed by atoms with E-state index in [-0.39, 0.29) is 0 Å². The van der Waals surface area contributed by atoms with E-state index in [1.165, 1.54) is 32.1 Å². The zero-order valence-electron chi connectivity index (χ0n) is 10.5. The van der Waals surface area contributed by atoms with Crippen molar-refractivity contribution in [2.45, 2.75) is 59.0 Å². The Hall–Kier alpha value is -0.0400. The molecule has 2 aliphatic rings. The van der Waals surface area contributed by atoms with Crippen molar-refractivity contribution in [1.29, 1.82) is 0 Å². The van der Waals surface area contributed by atoms with Gasteiger partial charge in [-0.25, -0.2) is 0 Å². The van der Waals surface area contributed by atoms with Gasteiger partial charge in [-0.1, -0.05) is 33.6 Å². The van der Waals surface area contributed by atoms with E-state index in [0.717, 1.165) is 30.3 Å². The molecule has 0 N–H and O–H groups in total. The van der Waals surface area contributed by atoms with Gasteiger partial charge < -0.3 is 4.74 Å². The van der Waals surface area contributed by atoms with Crippen molar-refractivity contribution in [3.8, 4) is 0 Å². The molecule has 0 aliphatic heterocycles. The summed E-state index contributed by atoms with van der Waals surface area (Å²) in [5.41, 5.74) is 0. The van der Waals surface area contributed by atoms with Crippen LogP contribution in [0, 0.1) is 23.7 Å². The molecule has 0 saturated heterocycles. The number of ether oxygens (including phenoxy) is 1. The van der Waals surface area contributed by atoms with Gasteiger partial charge in [-0.15, -0.1) is 0 Å². The van der Waals surface area contributed by atoms with Gasteiger partial charge in [0.15, 0.2) is 0 Å². The first kappa shape index (κ1) is 11.4. The molecule has 0 aromatic heterocycles. The Balaban J connectivity index is 1.83. The van der Waals surface area contributed by atoms with Gasteiger partial charge in [0.05, 0.1) is 6.10 Å². The molecule has 0 spiro atoms. The van der Waals surface area contributed by atoms with E-state index in [9.17, 15) is 0 Å². The molecular weight excluding hydrogens is 184 g/mol. The van der Waals surface area contributed by atoms with Crippen LogP contribution in [0.2, 0.25) is 0 Å². The number of fused-ring (bicyclic) bond motifs is 2. The first-order valence-corrected chi connectivity index (χ1v) is 6.89. The largest absolute Gasteiger partial charge is 0.378 e. The highest BCUT2D eigenvalue weighted by Gasteiger charge is 2.50. The summed E-state index contributed by atoms with van der Waals surface area (Å²) in [5, 5.41) is 0. The molecule has 2 fully saturated rings. The lowest BCUT2D eigenvalue weighted by Crippen LogP contribution is -2.31. The molecule has 88 valence electrons. The van der Waals surface area contributed by atoms with Crippen LogP contribution in [0.1, 0.15) is 52.9 Å². The maximum atomic E-state index is 6.04. The van der Waals surface area contributed by atoms with Crippen LogP contribution in [0.4, 0.5) is 0 Å². The Bertz CT molecular complexity index is 200. The minimum Gasteiger partial charge on any atom is -0.378 e. The zero-order chi connectivity index (χ0) is 10.8. The SMILES string of the molecule is CCCCOC1CC2CC1C(C)C2CC. The molecule has 2 aliphatic carbocycles. The quantitative estimate of drug-likeness (QED) is 0.626.